The molecule has 0 nitrogen and oxygen atoms in total. The largest absolute Gasteiger partial charge is 0.206 e. The Morgan fingerprint density at radius 1 is 1.00 bits per heavy atom. The molecule has 1 aliphatic carbocycles. The Hall–Kier alpha value is -2.15. The van der Waals surface area contributed by atoms with Crippen LogP contribution in [-0.4, -0.2) is 0 Å². The van der Waals surface area contributed by atoms with Crippen molar-refractivity contribution in [2.45, 2.75) is 53.4 Å². The molecule has 0 radical (unpaired) electrons. The van der Waals surface area contributed by atoms with Crippen LogP contribution in [0.3, 0.4) is 0 Å². The molecular weight excluding hydrogens is 331 g/mol. The molecule has 0 amide bonds. The van der Waals surface area contributed by atoms with E-state index in [4.69, 9.17) is 0 Å². The first-order chi connectivity index (χ1) is 12.6. The van der Waals surface area contributed by atoms with Crippen LogP contribution in [0, 0.1) is 11.8 Å². The highest BCUT2D eigenvalue weighted by Crippen LogP contribution is 2.29. The molecule has 1 unspecified atom stereocenters. The van der Waals surface area contributed by atoms with Gasteiger partial charge in [0.15, 0.2) is 0 Å². The second-order valence-corrected chi connectivity index (χ2v) is 8.01. The first-order valence-electron chi connectivity index (χ1n) is 9.80. The van der Waals surface area contributed by atoms with Crippen molar-refractivity contribution < 1.29 is 4.39 Å². The van der Waals surface area contributed by atoms with Gasteiger partial charge in [0.05, 0.1) is 0 Å². The lowest BCUT2D eigenvalue weighted by Gasteiger charge is -2.14. The molecular formula is C26H35F. The zero-order valence-electron chi connectivity index (χ0n) is 17.6. The molecule has 0 heterocycles. The number of halogens is 1. The number of allylic oxidation sites excluding steroid dienone is 12. The summed E-state index contributed by atoms with van der Waals surface area (Å²) in [7, 11) is 0. The van der Waals surface area contributed by atoms with Gasteiger partial charge >= 0.3 is 0 Å². The number of hydrogen-bond donors (Lipinski definition) is 0. The maximum atomic E-state index is 14.5. The number of rotatable bonds is 10. The molecule has 0 aromatic heterocycles. The summed E-state index contributed by atoms with van der Waals surface area (Å²) in [6, 6.07) is 0. The second kappa shape index (κ2) is 10.9. The van der Waals surface area contributed by atoms with Gasteiger partial charge in [-0.3, -0.25) is 0 Å². The summed E-state index contributed by atoms with van der Waals surface area (Å²) in [4.78, 5) is 0. The van der Waals surface area contributed by atoms with Crippen molar-refractivity contribution in [2.75, 3.05) is 0 Å². The van der Waals surface area contributed by atoms with Crippen LogP contribution in [0.2, 0.25) is 0 Å². The van der Waals surface area contributed by atoms with Gasteiger partial charge in [0.25, 0.3) is 0 Å². The predicted molar refractivity (Wildman–Crippen MR) is 119 cm³/mol. The molecule has 0 saturated heterocycles. The van der Waals surface area contributed by atoms with E-state index in [0.29, 0.717) is 28.6 Å². The average Bonchev–Trinajstić information content (AvgIpc) is 2.63. The van der Waals surface area contributed by atoms with Gasteiger partial charge < -0.3 is 0 Å². The van der Waals surface area contributed by atoms with Crippen LogP contribution in [-0.2, 0) is 0 Å². The van der Waals surface area contributed by atoms with E-state index in [-0.39, 0.29) is 5.83 Å². The van der Waals surface area contributed by atoms with E-state index in [9.17, 15) is 4.39 Å². The Bertz CT molecular complexity index is 719. The van der Waals surface area contributed by atoms with Gasteiger partial charge in [-0.05, 0) is 60.8 Å². The Kier molecular flexibility index (Phi) is 9.21. The number of hydrogen-bond acceptors (Lipinski definition) is 0. The molecule has 27 heavy (non-hydrogen) atoms. The van der Waals surface area contributed by atoms with Crippen molar-refractivity contribution in [3.8, 4) is 0 Å². The maximum Gasteiger partial charge on any atom is 0.130 e. The molecule has 0 aromatic carbocycles. The van der Waals surface area contributed by atoms with E-state index in [0.717, 1.165) is 30.4 Å². The van der Waals surface area contributed by atoms with Crippen LogP contribution in [0.4, 0.5) is 4.39 Å². The van der Waals surface area contributed by atoms with Crippen molar-refractivity contribution in [3.63, 3.8) is 0 Å². The fraction of sp³-hybridized carbons (Fsp3) is 0.385. The van der Waals surface area contributed by atoms with Crippen molar-refractivity contribution >= 4 is 0 Å². The van der Waals surface area contributed by atoms with E-state index in [1.807, 2.05) is 24.3 Å². The highest BCUT2D eigenvalue weighted by Gasteiger charge is 2.11. The zero-order valence-corrected chi connectivity index (χ0v) is 17.6. The fourth-order valence-corrected chi connectivity index (χ4v) is 2.73. The normalized spacial score (nSPS) is 16.1. The van der Waals surface area contributed by atoms with E-state index >= 15 is 0 Å². The molecule has 0 spiro atoms. The molecule has 1 aliphatic rings. The topological polar surface area (TPSA) is 0 Å². The first-order valence-corrected chi connectivity index (χ1v) is 9.80. The SMILES string of the molecule is C=C(/C=C\C(=C)C(C)CCC(C)C)C(=C)/C=C(/F)C(=C)C1=CC=C(C)CC1. The molecule has 1 heteroatoms. The van der Waals surface area contributed by atoms with Crippen molar-refractivity contribution in [1.29, 1.82) is 0 Å². The molecule has 146 valence electrons. The lowest BCUT2D eigenvalue weighted by Crippen LogP contribution is -1.99. The van der Waals surface area contributed by atoms with E-state index < -0.39 is 0 Å². The van der Waals surface area contributed by atoms with E-state index in [1.54, 1.807) is 0 Å². The summed E-state index contributed by atoms with van der Waals surface area (Å²) < 4.78 is 14.5. The van der Waals surface area contributed by atoms with E-state index in [1.165, 1.54) is 18.1 Å². The van der Waals surface area contributed by atoms with Crippen LogP contribution < -0.4 is 0 Å². The van der Waals surface area contributed by atoms with Gasteiger partial charge in [-0.2, -0.15) is 0 Å². The lowest BCUT2D eigenvalue weighted by atomic mass is 9.92. The molecule has 0 N–H and O–H groups in total. The Balaban J connectivity index is 2.67. The predicted octanol–water partition coefficient (Wildman–Crippen LogP) is 8.36. The van der Waals surface area contributed by atoms with Gasteiger partial charge in [0, 0.05) is 5.57 Å². The standard InChI is InChI=1S/C26H35F/c1-18(2)9-12-20(4)21(5)13-14-22(6)23(7)17-26(27)24(8)25-15-10-19(3)11-16-25/h10,13-15,17-18,20H,5-9,11-12,16H2,1-4H3/b14-13-,26-17+. The smallest absolute Gasteiger partial charge is 0.130 e. The fourth-order valence-electron chi connectivity index (χ4n) is 2.73. The molecule has 0 fully saturated rings. The van der Waals surface area contributed by atoms with Gasteiger partial charge in [0.2, 0.25) is 0 Å². The van der Waals surface area contributed by atoms with Crippen LogP contribution >= 0.6 is 0 Å². The minimum atomic E-state index is -0.349. The lowest BCUT2D eigenvalue weighted by molar-refractivity contribution is 0.494. The van der Waals surface area contributed by atoms with Crippen LogP contribution in [0.1, 0.15) is 53.4 Å². The summed E-state index contributed by atoms with van der Waals surface area (Å²) in [5.74, 6) is 0.767. The van der Waals surface area contributed by atoms with Gasteiger partial charge in [-0.15, -0.1) is 0 Å². The monoisotopic (exact) mass is 366 g/mol. The summed E-state index contributed by atoms with van der Waals surface area (Å²) >= 11 is 0. The third kappa shape index (κ3) is 7.95. The van der Waals surface area contributed by atoms with Crippen LogP contribution in [0.15, 0.2) is 96.0 Å². The molecule has 1 rings (SSSR count). The Morgan fingerprint density at radius 3 is 2.22 bits per heavy atom. The Labute approximate surface area is 166 Å². The molecule has 0 aromatic rings. The molecule has 0 aliphatic heterocycles. The summed E-state index contributed by atoms with van der Waals surface area (Å²) in [6.07, 6.45) is 13.3. The summed E-state index contributed by atoms with van der Waals surface area (Å²) in [6.45, 7) is 24.7. The third-order valence-corrected chi connectivity index (χ3v) is 5.06. The van der Waals surface area contributed by atoms with Crippen molar-refractivity contribution in [3.05, 3.63) is 96.0 Å². The summed E-state index contributed by atoms with van der Waals surface area (Å²) in [5, 5.41) is 0. The van der Waals surface area contributed by atoms with Crippen LogP contribution in [0.25, 0.3) is 0 Å². The van der Waals surface area contributed by atoms with E-state index in [2.05, 4.69) is 54.0 Å². The molecule has 1 atom stereocenters. The highest BCUT2D eigenvalue weighted by molar-refractivity contribution is 5.51. The van der Waals surface area contributed by atoms with Crippen molar-refractivity contribution in [1.82, 2.24) is 0 Å². The van der Waals surface area contributed by atoms with Crippen molar-refractivity contribution in [2.24, 2.45) is 11.8 Å². The van der Waals surface area contributed by atoms with Gasteiger partial charge in [-0.1, -0.05) is 89.0 Å². The first kappa shape index (κ1) is 22.9. The quantitative estimate of drug-likeness (QED) is 0.341. The average molecular weight is 367 g/mol. The second-order valence-electron chi connectivity index (χ2n) is 8.01. The van der Waals surface area contributed by atoms with Crippen LogP contribution in [0.5, 0.6) is 0 Å². The molecule has 0 bridgehead atoms. The Morgan fingerprint density at radius 2 is 1.67 bits per heavy atom. The minimum absolute atomic E-state index is 0.349. The maximum absolute atomic E-state index is 14.5. The third-order valence-electron chi connectivity index (χ3n) is 5.06. The van der Waals surface area contributed by atoms with Gasteiger partial charge in [0.1, 0.15) is 5.83 Å². The van der Waals surface area contributed by atoms with Gasteiger partial charge in [-0.25, -0.2) is 4.39 Å². The highest BCUT2D eigenvalue weighted by atomic mass is 19.1. The molecule has 0 saturated carbocycles. The zero-order chi connectivity index (χ0) is 20.6. The summed E-state index contributed by atoms with van der Waals surface area (Å²) in [5.41, 5.74) is 4.98. The minimum Gasteiger partial charge on any atom is -0.206 e.